The quantitative estimate of drug-likeness (QED) is 0.592. The maximum absolute atomic E-state index is 9.44. The Labute approximate surface area is 53.4 Å². The Hall–Kier alpha value is 0.358. The molecule has 0 aromatic heterocycles. The first-order chi connectivity index (χ1) is 1.73. The van der Waals surface area contributed by atoms with Crippen molar-refractivity contribution in [2.75, 3.05) is 0 Å². The van der Waals surface area contributed by atoms with Crippen LogP contribution in [-0.4, -0.2) is 5.78 Å². The van der Waals surface area contributed by atoms with Crippen molar-refractivity contribution < 1.29 is 25.9 Å². The summed E-state index contributed by atoms with van der Waals surface area (Å²) in [5.74, 6) is 0.167. The van der Waals surface area contributed by atoms with E-state index >= 15 is 0 Å². The SMILES string of the molecule is CC(C)=O.[CH3-].[W]. The third-order valence-corrected chi connectivity index (χ3v) is 0. The molecule has 6 heavy (non-hydrogen) atoms. The fourth-order valence-corrected chi connectivity index (χ4v) is 0. The summed E-state index contributed by atoms with van der Waals surface area (Å²) in [6, 6.07) is 0. The Morgan fingerprint density at radius 3 is 1.33 bits per heavy atom. The predicted octanol–water partition coefficient (Wildman–Crippen LogP) is 1.04. The summed E-state index contributed by atoms with van der Waals surface area (Å²) in [5.41, 5.74) is 0. The number of hydrogen-bond donors (Lipinski definition) is 0. The zero-order valence-electron chi connectivity index (χ0n) is 4.32. The molecule has 0 rings (SSSR count). The summed E-state index contributed by atoms with van der Waals surface area (Å²) >= 11 is 0. The minimum atomic E-state index is 0. The van der Waals surface area contributed by atoms with E-state index in [4.69, 9.17) is 0 Å². The second kappa shape index (κ2) is 9.02. The average molecular weight is 257 g/mol. The molecular weight excluding hydrogens is 248 g/mol. The van der Waals surface area contributed by atoms with Crippen molar-refractivity contribution in [3.8, 4) is 0 Å². The Kier molecular flexibility index (Phi) is 24.3. The van der Waals surface area contributed by atoms with Crippen LogP contribution in [0.3, 0.4) is 0 Å². The normalized spacial score (nSPS) is 4.33. The van der Waals surface area contributed by atoms with Gasteiger partial charge in [0.1, 0.15) is 5.78 Å². The van der Waals surface area contributed by atoms with Gasteiger partial charge < -0.3 is 12.2 Å². The summed E-state index contributed by atoms with van der Waals surface area (Å²) in [7, 11) is 0. The van der Waals surface area contributed by atoms with Crippen molar-refractivity contribution in [3.63, 3.8) is 0 Å². The maximum Gasteiger partial charge on any atom is 0.126 e. The van der Waals surface area contributed by atoms with Crippen LogP contribution in [0.1, 0.15) is 13.8 Å². The molecule has 0 bridgehead atoms. The smallest absolute Gasteiger partial charge is 0.126 e. The van der Waals surface area contributed by atoms with E-state index in [0.29, 0.717) is 0 Å². The molecule has 0 unspecified atom stereocenters. The van der Waals surface area contributed by atoms with Crippen LogP contribution in [0.5, 0.6) is 0 Å². The summed E-state index contributed by atoms with van der Waals surface area (Å²) < 4.78 is 0. The van der Waals surface area contributed by atoms with Crippen LogP contribution < -0.4 is 0 Å². The van der Waals surface area contributed by atoms with Gasteiger partial charge in [0.15, 0.2) is 0 Å². The van der Waals surface area contributed by atoms with Crippen molar-refractivity contribution in [3.05, 3.63) is 7.43 Å². The van der Waals surface area contributed by atoms with Gasteiger partial charge in [0.2, 0.25) is 0 Å². The maximum atomic E-state index is 9.44. The van der Waals surface area contributed by atoms with Crippen molar-refractivity contribution >= 4 is 5.78 Å². The third kappa shape index (κ3) is 383. The Bertz CT molecular complexity index is 30.5. The average Bonchev–Trinajstić information content (AvgIpc) is 0.811. The van der Waals surface area contributed by atoms with Crippen LogP contribution in [0.25, 0.3) is 0 Å². The number of hydrogen-bond acceptors (Lipinski definition) is 1. The molecule has 0 saturated heterocycles. The van der Waals surface area contributed by atoms with Crippen LogP contribution in [0.2, 0.25) is 0 Å². The van der Waals surface area contributed by atoms with E-state index in [0.717, 1.165) is 0 Å². The Morgan fingerprint density at radius 1 is 1.33 bits per heavy atom. The van der Waals surface area contributed by atoms with E-state index < -0.39 is 0 Å². The molecule has 0 aromatic carbocycles. The van der Waals surface area contributed by atoms with Crippen molar-refractivity contribution in [2.45, 2.75) is 13.8 Å². The first kappa shape index (κ1) is 16.2. The molecule has 0 aliphatic rings. The van der Waals surface area contributed by atoms with Crippen LogP contribution in [-0.2, 0) is 25.9 Å². The largest absolute Gasteiger partial charge is 0.358 e. The van der Waals surface area contributed by atoms with Gasteiger partial charge in [0.05, 0.1) is 0 Å². The number of Topliss-reactive ketones (excluding diaryl/α,β-unsaturated/α-hetero) is 1. The van der Waals surface area contributed by atoms with E-state index in [1.54, 1.807) is 0 Å². The molecule has 0 N–H and O–H groups in total. The van der Waals surface area contributed by atoms with Crippen LogP contribution in [0.4, 0.5) is 0 Å². The molecule has 0 fully saturated rings. The van der Waals surface area contributed by atoms with Gasteiger partial charge in [-0.15, -0.1) is 0 Å². The first-order valence-electron chi connectivity index (χ1n) is 1.20. The summed E-state index contributed by atoms with van der Waals surface area (Å²) in [6.45, 7) is 3.06. The number of carbonyl (C=O) groups is 1. The van der Waals surface area contributed by atoms with E-state index in [1.165, 1.54) is 13.8 Å². The van der Waals surface area contributed by atoms with E-state index in [9.17, 15) is 4.79 Å². The van der Waals surface area contributed by atoms with Gasteiger partial charge in [-0.3, -0.25) is 0 Å². The topological polar surface area (TPSA) is 17.1 Å². The Balaban J connectivity index is -0.0000000450. The molecule has 0 aliphatic carbocycles. The minimum Gasteiger partial charge on any atom is -0.358 e. The van der Waals surface area contributed by atoms with Crippen molar-refractivity contribution in [1.29, 1.82) is 0 Å². The molecule has 0 atom stereocenters. The van der Waals surface area contributed by atoms with Gasteiger partial charge in [-0.05, 0) is 13.8 Å². The summed E-state index contributed by atoms with van der Waals surface area (Å²) in [6.07, 6.45) is 0. The molecule has 2 heteroatoms. The predicted molar refractivity (Wildman–Crippen MR) is 22.8 cm³/mol. The van der Waals surface area contributed by atoms with E-state index in [1.807, 2.05) is 0 Å². The van der Waals surface area contributed by atoms with Crippen LogP contribution in [0.15, 0.2) is 0 Å². The van der Waals surface area contributed by atoms with E-state index in [-0.39, 0.29) is 34.3 Å². The van der Waals surface area contributed by atoms with Crippen LogP contribution in [0, 0.1) is 7.43 Å². The fourth-order valence-electron chi connectivity index (χ4n) is 0. The number of rotatable bonds is 0. The summed E-state index contributed by atoms with van der Waals surface area (Å²) in [5, 5.41) is 0. The van der Waals surface area contributed by atoms with Crippen LogP contribution >= 0.6 is 0 Å². The molecule has 0 radical (unpaired) electrons. The van der Waals surface area contributed by atoms with Gasteiger partial charge >= 0.3 is 0 Å². The molecule has 1 nitrogen and oxygen atoms in total. The molecular formula is C4H9OW-. The van der Waals surface area contributed by atoms with Gasteiger partial charge in [-0.25, -0.2) is 0 Å². The molecule has 0 spiro atoms. The molecule has 0 heterocycles. The van der Waals surface area contributed by atoms with Gasteiger partial charge in [-0.1, -0.05) is 0 Å². The molecule has 38 valence electrons. The van der Waals surface area contributed by atoms with Gasteiger partial charge in [0, 0.05) is 21.1 Å². The van der Waals surface area contributed by atoms with Crippen molar-refractivity contribution in [2.24, 2.45) is 0 Å². The zero-order chi connectivity index (χ0) is 3.58. The molecule has 0 aliphatic heterocycles. The van der Waals surface area contributed by atoms with Crippen molar-refractivity contribution in [1.82, 2.24) is 0 Å². The zero-order valence-corrected chi connectivity index (χ0v) is 7.25. The molecule has 0 aromatic rings. The van der Waals surface area contributed by atoms with E-state index in [2.05, 4.69) is 0 Å². The number of carbonyl (C=O) groups excluding carboxylic acids is 1. The second-order valence-electron chi connectivity index (χ2n) is 0.908. The third-order valence-electron chi connectivity index (χ3n) is 0. The first-order valence-corrected chi connectivity index (χ1v) is 1.20. The molecule has 0 saturated carbocycles. The number of ketones is 1. The second-order valence-corrected chi connectivity index (χ2v) is 0.908. The Morgan fingerprint density at radius 2 is 1.33 bits per heavy atom. The molecule has 0 amide bonds. The standard InChI is InChI=1S/C3H6O.CH3.W/c1-3(2)4;;/h1-2H3;1H3;/q;-1;. The van der Waals surface area contributed by atoms with Gasteiger partial charge in [-0.2, -0.15) is 0 Å². The van der Waals surface area contributed by atoms with Gasteiger partial charge in [0.25, 0.3) is 0 Å². The summed E-state index contributed by atoms with van der Waals surface area (Å²) in [4.78, 5) is 9.44. The monoisotopic (exact) mass is 257 g/mol. The minimum absolute atomic E-state index is 0. The fraction of sp³-hybridized carbons (Fsp3) is 0.500.